The van der Waals surface area contributed by atoms with E-state index >= 15 is 0 Å². The van der Waals surface area contributed by atoms with Crippen LogP contribution in [0.1, 0.15) is 21.5 Å². The van der Waals surface area contributed by atoms with Crippen molar-refractivity contribution in [2.45, 2.75) is 11.8 Å². The fourth-order valence-corrected chi connectivity index (χ4v) is 5.04. The first-order valence-electron chi connectivity index (χ1n) is 12.8. The van der Waals surface area contributed by atoms with E-state index in [-0.39, 0.29) is 22.4 Å². The summed E-state index contributed by atoms with van der Waals surface area (Å²) in [7, 11) is 1.51. The summed E-state index contributed by atoms with van der Waals surface area (Å²) in [4.78, 5) is 39.6. The summed E-state index contributed by atoms with van der Waals surface area (Å²) in [6.07, 6.45) is 1.46. The summed E-state index contributed by atoms with van der Waals surface area (Å²) in [6, 6.07) is 23.9. The van der Waals surface area contributed by atoms with Gasteiger partial charge in [-0.05, 0) is 72.7 Å². The minimum Gasteiger partial charge on any atom is -0.495 e. The molecule has 220 valence electrons. The molecule has 0 spiro atoms. The van der Waals surface area contributed by atoms with Crippen LogP contribution in [0.25, 0.3) is 6.08 Å². The summed E-state index contributed by atoms with van der Waals surface area (Å²) in [5, 5.41) is 9.41. The molecule has 0 aliphatic rings. The lowest BCUT2D eigenvalue weighted by Crippen LogP contribution is -2.30. The van der Waals surface area contributed by atoms with Crippen molar-refractivity contribution in [1.29, 1.82) is 0 Å². The molecule has 4 aromatic carbocycles. The number of methoxy groups -OCH3 is 1. The Labute approximate surface area is 268 Å². The van der Waals surface area contributed by atoms with Crippen molar-refractivity contribution in [3.05, 3.63) is 122 Å². The second kappa shape index (κ2) is 15.0. The second-order valence-electron chi connectivity index (χ2n) is 9.14. The van der Waals surface area contributed by atoms with Crippen LogP contribution in [0.2, 0.25) is 15.1 Å². The van der Waals surface area contributed by atoms with Crippen LogP contribution < -0.4 is 20.7 Å². The highest BCUT2D eigenvalue weighted by atomic mass is 35.5. The standard InChI is InChI=1S/C32H26Cl3N3O4S/c1-19-15-26(28(42-2)17-25(19)34)37-29(39)18-43-23-13-11-22(12-14-23)36-32(41)27(16-21-9-6-10-24(33)30(21)35)38-31(40)20-7-4-3-5-8-20/h3-17H,18H2,1-2H3,(H,36,41)(H,37,39)(H,38,40)/b27-16-. The number of anilines is 2. The Morgan fingerprint density at radius 1 is 0.860 bits per heavy atom. The highest BCUT2D eigenvalue weighted by molar-refractivity contribution is 8.00. The zero-order valence-corrected chi connectivity index (χ0v) is 26.1. The molecule has 4 rings (SSSR count). The van der Waals surface area contributed by atoms with E-state index in [1.54, 1.807) is 84.9 Å². The van der Waals surface area contributed by atoms with Crippen LogP contribution in [0.3, 0.4) is 0 Å². The van der Waals surface area contributed by atoms with Crippen LogP contribution in [0.4, 0.5) is 11.4 Å². The topological polar surface area (TPSA) is 96.5 Å². The van der Waals surface area contributed by atoms with Crippen LogP contribution in [-0.4, -0.2) is 30.6 Å². The second-order valence-corrected chi connectivity index (χ2v) is 11.4. The summed E-state index contributed by atoms with van der Waals surface area (Å²) >= 11 is 20.0. The molecular formula is C32H26Cl3N3O4S. The molecule has 0 saturated heterocycles. The lowest BCUT2D eigenvalue weighted by molar-refractivity contribution is -0.114. The molecule has 0 saturated carbocycles. The number of thioether (sulfide) groups is 1. The molecule has 7 nitrogen and oxygen atoms in total. The molecule has 0 fully saturated rings. The van der Waals surface area contributed by atoms with Gasteiger partial charge in [-0.2, -0.15) is 0 Å². The third kappa shape index (κ3) is 8.78. The number of nitrogens with one attached hydrogen (secondary N) is 3. The van der Waals surface area contributed by atoms with Crippen LogP contribution in [0.15, 0.2) is 95.5 Å². The summed E-state index contributed by atoms with van der Waals surface area (Å²) in [5.74, 6) is -0.620. The van der Waals surface area contributed by atoms with Crippen LogP contribution in [0, 0.1) is 6.92 Å². The van der Waals surface area contributed by atoms with Gasteiger partial charge in [0.2, 0.25) is 5.91 Å². The van der Waals surface area contributed by atoms with Crippen molar-refractivity contribution in [2.75, 3.05) is 23.5 Å². The molecule has 0 bridgehead atoms. The number of amides is 3. The first kappa shape index (κ1) is 32.0. The van der Waals surface area contributed by atoms with Gasteiger partial charge in [0, 0.05) is 27.2 Å². The van der Waals surface area contributed by atoms with Gasteiger partial charge in [0.25, 0.3) is 11.8 Å². The molecule has 4 aromatic rings. The molecule has 3 amide bonds. The SMILES string of the molecule is COc1cc(Cl)c(C)cc1NC(=O)CSc1ccc(NC(=O)/C(=C/c2cccc(Cl)c2Cl)NC(=O)c2ccccc2)cc1. The van der Waals surface area contributed by atoms with Crippen molar-refractivity contribution in [1.82, 2.24) is 5.32 Å². The maximum atomic E-state index is 13.3. The third-order valence-corrected chi connectivity index (χ3v) is 8.30. The predicted octanol–water partition coefficient (Wildman–Crippen LogP) is 8.10. The Bertz CT molecular complexity index is 1680. The smallest absolute Gasteiger partial charge is 0.272 e. The van der Waals surface area contributed by atoms with E-state index in [4.69, 9.17) is 39.5 Å². The average molecular weight is 655 g/mol. The number of carbonyl (C=O) groups is 3. The van der Waals surface area contributed by atoms with Gasteiger partial charge < -0.3 is 20.7 Å². The number of hydrogen-bond acceptors (Lipinski definition) is 5. The van der Waals surface area contributed by atoms with Crippen molar-refractivity contribution in [2.24, 2.45) is 0 Å². The first-order chi connectivity index (χ1) is 20.6. The number of aryl methyl sites for hydroxylation is 1. The molecule has 0 heterocycles. The Balaban J connectivity index is 1.43. The molecule has 11 heteroatoms. The predicted molar refractivity (Wildman–Crippen MR) is 176 cm³/mol. The molecule has 0 atom stereocenters. The van der Waals surface area contributed by atoms with E-state index < -0.39 is 11.8 Å². The van der Waals surface area contributed by atoms with Gasteiger partial charge in [0.05, 0.1) is 28.6 Å². The number of benzene rings is 4. The molecule has 0 aliphatic heterocycles. The van der Waals surface area contributed by atoms with Crippen LogP contribution in [-0.2, 0) is 9.59 Å². The number of rotatable bonds is 10. The van der Waals surface area contributed by atoms with Gasteiger partial charge >= 0.3 is 0 Å². The van der Waals surface area contributed by atoms with Gasteiger partial charge in [-0.25, -0.2) is 0 Å². The largest absolute Gasteiger partial charge is 0.495 e. The quantitative estimate of drug-likeness (QED) is 0.119. The molecule has 0 radical (unpaired) electrons. The molecule has 3 N–H and O–H groups in total. The lowest BCUT2D eigenvalue weighted by atomic mass is 10.1. The van der Waals surface area contributed by atoms with Crippen molar-refractivity contribution < 1.29 is 19.1 Å². The minimum atomic E-state index is -0.563. The Kier molecular flexibility index (Phi) is 11.1. The fourth-order valence-electron chi connectivity index (χ4n) is 3.83. The maximum Gasteiger partial charge on any atom is 0.272 e. The molecule has 0 aromatic heterocycles. The zero-order valence-electron chi connectivity index (χ0n) is 23.0. The normalized spacial score (nSPS) is 11.0. The Hall–Kier alpha value is -3.95. The Morgan fingerprint density at radius 3 is 2.28 bits per heavy atom. The summed E-state index contributed by atoms with van der Waals surface area (Å²) in [5.41, 5.74) is 2.66. The van der Waals surface area contributed by atoms with Gasteiger partial charge in [-0.15, -0.1) is 11.8 Å². The van der Waals surface area contributed by atoms with E-state index in [0.29, 0.717) is 38.3 Å². The molecule has 0 unspecified atom stereocenters. The van der Waals surface area contributed by atoms with Gasteiger partial charge in [-0.1, -0.05) is 65.1 Å². The highest BCUT2D eigenvalue weighted by Crippen LogP contribution is 2.31. The van der Waals surface area contributed by atoms with Crippen molar-refractivity contribution >= 4 is 81.7 Å². The van der Waals surface area contributed by atoms with Gasteiger partial charge in [0.15, 0.2) is 0 Å². The van der Waals surface area contributed by atoms with E-state index in [1.807, 2.05) is 6.92 Å². The van der Waals surface area contributed by atoms with Crippen molar-refractivity contribution in [3.63, 3.8) is 0 Å². The molecular weight excluding hydrogens is 629 g/mol. The van der Waals surface area contributed by atoms with E-state index in [0.717, 1.165) is 10.5 Å². The van der Waals surface area contributed by atoms with E-state index in [1.165, 1.54) is 24.9 Å². The third-order valence-electron chi connectivity index (χ3n) is 6.05. The van der Waals surface area contributed by atoms with Gasteiger partial charge in [0.1, 0.15) is 11.4 Å². The zero-order chi connectivity index (χ0) is 30.9. The number of carbonyl (C=O) groups excluding carboxylic acids is 3. The van der Waals surface area contributed by atoms with Crippen LogP contribution >= 0.6 is 46.6 Å². The first-order valence-corrected chi connectivity index (χ1v) is 15.0. The fraction of sp³-hybridized carbons (Fsp3) is 0.0938. The number of ether oxygens (including phenoxy) is 1. The maximum absolute atomic E-state index is 13.3. The lowest BCUT2D eigenvalue weighted by Gasteiger charge is -2.13. The number of halogens is 3. The average Bonchev–Trinajstić information content (AvgIpc) is 3.00. The van der Waals surface area contributed by atoms with Gasteiger partial charge in [-0.3, -0.25) is 14.4 Å². The Morgan fingerprint density at radius 2 is 1.58 bits per heavy atom. The monoisotopic (exact) mass is 653 g/mol. The number of hydrogen-bond donors (Lipinski definition) is 3. The van der Waals surface area contributed by atoms with E-state index in [2.05, 4.69) is 16.0 Å². The molecule has 0 aliphatic carbocycles. The molecule has 43 heavy (non-hydrogen) atoms. The summed E-state index contributed by atoms with van der Waals surface area (Å²) < 4.78 is 5.31. The van der Waals surface area contributed by atoms with Crippen LogP contribution in [0.5, 0.6) is 5.75 Å². The van der Waals surface area contributed by atoms with E-state index in [9.17, 15) is 14.4 Å². The summed E-state index contributed by atoms with van der Waals surface area (Å²) in [6.45, 7) is 1.84. The minimum absolute atomic E-state index is 0.0268. The van der Waals surface area contributed by atoms with Crippen molar-refractivity contribution in [3.8, 4) is 5.75 Å². The highest BCUT2D eigenvalue weighted by Gasteiger charge is 2.17.